The maximum atomic E-state index is 2.55. The van der Waals surface area contributed by atoms with Gasteiger partial charge in [-0.2, -0.15) is 0 Å². The Morgan fingerprint density at radius 1 is 0.426 bits per heavy atom. The van der Waals surface area contributed by atoms with Gasteiger partial charge in [-0.1, -0.05) is 173 Å². The lowest BCUT2D eigenvalue weighted by molar-refractivity contribution is 0.458. The predicted octanol–water partition coefficient (Wildman–Crippen LogP) is 15.5. The van der Waals surface area contributed by atoms with Gasteiger partial charge in [0.25, 0.3) is 0 Å². The van der Waals surface area contributed by atoms with E-state index in [0.717, 1.165) is 0 Å². The van der Waals surface area contributed by atoms with E-state index in [2.05, 4.69) is 191 Å². The molecule has 10 rings (SSSR count). The van der Waals surface area contributed by atoms with Crippen LogP contribution in [-0.4, -0.2) is 0 Å². The molecule has 0 fully saturated rings. The minimum absolute atomic E-state index is 0.156. The van der Waals surface area contributed by atoms with Crippen LogP contribution < -0.4 is 0 Å². The van der Waals surface area contributed by atoms with Gasteiger partial charge in [0.15, 0.2) is 0 Å². The molecule has 9 aromatic carbocycles. The molecule has 0 bridgehead atoms. The van der Waals surface area contributed by atoms with Gasteiger partial charge in [0.2, 0.25) is 0 Å². The molecule has 1 aliphatic carbocycles. The normalized spacial score (nSPS) is 15.0. The smallest absolute Gasteiger partial charge is 0.00259 e. The van der Waals surface area contributed by atoms with Crippen molar-refractivity contribution in [1.29, 1.82) is 0 Å². The fourth-order valence-corrected chi connectivity index (χ4v) is 9.67. The summed E-state index contributed by atoms with van der Waals surface area (Å²) in [7, 11) is 0. The summed E-state index contributed by atoms with van der Waals surface area (Å²) >= 11 is 0. The Balaban J connectivity index is 1.24. The highest BCUT2D eigenvalue weighted by Crippen LogP contribution is 2.51. The Labute approximate surface area is 318 Å². The fraction of sp³-hybridized carbons (Fsp3) is 0.148. The fourth-order valence-electron chi connectivity index (χ4n) is 9.67. The van der Waals surface area contributed by atoms with E-state index in [9.17, 15) is 0 Å². The summed E-state index contributed by atoms with van der Waals surface area (Å²) in [4.78, 5) is 0. The van der Waals surface area contributed by atoms with Crippen LogP contribution >= 0.6 is 0 Å². The zero-order chi connectivity index (χ0) is 36.4. The molecule has 1 unspecified atom stereocenters. The van der Waals surface area contributed by atoms with E-state index in [1.807, 2.05) is 0 Å². The molecule has 0 nitrogen and oxygen atoms in total. The van der Waals surface area contributed by atoms with Crippen molar-refractivity contribution in [1.82, 2.24) is 0 Å². The number of fused-ring (bicyclic) bond motifs is 5. The Morgan fingerprint density at radius 2 is 0.926 bits per heavy atom. The third kappa shape index (κ3) is 5.43. The molecule has 0 spiro atoms. The topological polar surface area (TPSA) is 0 Å². The molecule has 1 atom stereocenters. The van der Waals surface area contributed by atoms with Gasteiger partial charge in [0.1, 0.15) is 0 Å². The Morgan fingerprint density at radius 3 is 1.59 bits per heavy atom. The van der Waals surface area contributed by atoms with E-state index in [1.54, 1.807) is 5.56 Å². The van der Waals surface area contributed by atoms with Crippen LogP contribution in [0.2, 0.25) is 0 Å². The van der Waals surface area contributed by atoms with Gasteiger partial charge >= 0.3 is 0 Å². The minimum Gasteiger partial charge on any atom is -0.0654 e. The van der Waals surface area contributed by atoms with Gasteiger partial charge in [0, 0.05) is 0 Å². The molecule has 54 heavy (non-hydrogen) atoms. The standard InChI is InChI=1S/C54H44/c1-4-12-45-34-54(2,3)51-33-44(26-27-46(45)51)52-47-19-9-10-20-48(47)53(43-18-11-17-39(31-43)40-23-21-35-13-5-7-15-37(35)29-40)50-32-42(25-28-49(50)52)41-24-22-36-14-6-8-16-38(36)30-41/h5-11,13-33,45H,4,12,34H2,1-3H3. The van der Waals surface area contributed by atoms with E-state index in [0.29, 0.717) is 5.92 Å². The summed E-state index contributed by atoms with van der Waals surface area (Å²) in [5, 5.41) is 10.2. The quantitative estimate of drug-likeness (QED) is 0.152. The van der Waals surface area contributed by atoms with Gasteiger partial charge in [-0.15, -0.1) is 0 Å². The van der Waals surface area contributed by atoms with Crippen molar-refractivity contribution in [2.75, 3.05) is 0 Å². The van der Waals surface area contributed by atoms with Gasteiger partial charge in [-0.3, -0.25) is 0 Å². The van der Waals surface area contributed by atoms with Crippen LogP contribution in [0.3, 0.4) is 0 Å². The highest BCUT2D eigenvalue weighted by atomic mass is 14.4. The van der Waals surface area contributed by atoms with E-state index < -0.39 is 0 Å². The molecule has 0 aliphatic heterocycles. The Bertz CT molecular complexity index is 2900. The SMILES string of the molecule is CCCC1CC(C)(C)c2cc(-c3c4ccccc4c(-c4cccc(-c5ccc6ccccc6c5)c4)c4cc(-c5ccc6ccccc6c5)ccc34)ccc21. The van der Waals surface area contributed by atoms with Crippen molar-refractivity contribution in [2.24, 2.45) is 0 Å². The van der Waals surface area contributed by atoms with Crippen LogP contribution in [0, 0.1) is 0 Å². The van der Waals surface area contributed by atoms with Crippen LogP contribution in [0.5, 0.6) is 0 Å². The number of benzene rings is 9. The third-order valence-electron chi connectivity index (χ3n) is 12.2. The first-order chi connectivity index (χ1) is 26.4. The maximum Gasteiger partial charge on any atom is -0.00259 e. The van der Waals surface area contributed by atoms with Gasteiger partial charge in [0.05, 0.1) is 0 Å². The molecule has 0 aromatic heterocycles. The molecule has 0 N–H and O–H groups in total. The first-order valence-corrected chi connectivity index (χ1v) is 19.7. The molecule has 0 amide bonds. The molecule has 1 aliphatic rings. The largest absolute Gasteiger partial charge is 0.0654 e. The summed E-state index contributed by atoms with van der Waals surface area (Å²) in [6.07, 6.45) is 3.70. The summed E-state index contributed by atoms with van der Waals surface area (Å²) in [6.45, 7) is 7.22. The van der Waals surface area contributed by atoms with Crippen molar-refractivity contribution in [3.8, 4) is 44.5 Å². The molecule has 0 heteroatoms. The summed E-state index contributed by atoms with van der Waals surface area (Å²) in [6, 6.07) is 63.9. The maximum absolute atomic E-state index is 2.55. The lowest BCUT2D eigenvalue weighted by Gasteiger charge is -2.22. The second-order valence-electron chi connectivity index (χ2n) is 16.1. The van der Waals surface area contributed by atoms with Crippen molar-refractivity contribution < 1.29 is 0 Å². The second-order valence-corrected chi connectivity index (χ2v) is 16.1. The van der Waals surface area contributed by atoms with E-state index in [4.69, 9.17) is 0 Å². The molecule has 0 saturated carbocycles. The van der Waals surface area contributed by atoms with Gasteiger partial charge < -0.3 is 0 Å². The number of hydrogen-bond donors (Lipinski definition) is 0. The average Bonchev–Trinajstić information content (AvgIpc) is 3.47. The van der Waals surface area contributed by atoms with Crippen LogP contribution in [0.25, 0.3) is 87.6 Å². The first kappa shape index (κ1) is 32.7. The molecule has 0 radical (unpaired) electrons. The molecule has 0 saturated heterocycles. The van der Waals surface area contributed by atoms with Crippen molar-refractivity contribution in [3.63, 3.8) is 0 Å². The zero-order valence-corrected chi connectivity index (χ0v) is 31.4. The summed E-state index contributed by atoms with van der Waals surface area (Å²) in [5.41, 5.74) is 13.3. The lowest BCUT2D eigenvalue weighted by Crippen LogP contribution is -2.12. The first-order valence-electron chi connectivity index (χ1n) is 19.7. The summed E-state index contributed by atoms with van der Waals surface area (Å²) in [5.74, 6) is 0.643. The monoisotopic (exact) mass is 692 g/mol. The zero-order valence-electron chi connectivity index (χ0n) is 31.4. The van der Waals surface area contributed by atoms with Gasteiger partial charge in [-0.05, 0) is 147 Å². The minimum atomic E-state index is 0.156. The molecule has 0 heterocycles. The summed E-state index contributed by atoms with van der Waals surface area (Å²) < 4.78 is 0. The van der Waals surface area contributed by atoms with Crippen LogP contribution in [-0.2, 0) is 5.41 Å². The lowest BCUT2D eigenvalue weighted by atomic mass is 9.82. The third-order valence-corrected chi connectivity index (χ3v) is 12.2. The van der Waals surface area contributed by atoms with Crippen molar-refractivity contribution in [3.05, 3.63) is 181 Å². The van der Waals surface area contributed by atoms with Crippen molar-refractivity contribution >= 4 is 43.1 Å². The van der Waals surface area contributed by atoms with Crippen LogP contribution in [0.1, 0.15) is 57.1 Å². The van der Waals surface area contributed by atoms with Crippen LogP contribution in [0.4, 0.5) is 0 Å². The second kappa shape index (κ2) is 12.9. The highest BCUT2D eigenvalue weighted by Gasteiger charge is 2.36. The van der Waals surface area contributed by atoms with E-state index in [1.165, 1.54) is 112 Å². The van der Waals surface area contributed by atoms with Gasteiger partial charge in [-0.25, -0.2) is 0 Å². The molecular weight excluding hydrogens is 649 g/mol. The molecule has 260 valence electrons. The molecular formula is C54H44. The highest BCUT2D eigenvalue weighted by molar-refractivity contribution is 6.22. The molecule has 9 aromatic rings. The van der Waals surface area contributed by atoms with E-state index >= 15 is 0 Å². The Hall–Kier alpha value is -5.98. The number of rotatable bonds is 6. The predicted molar refractivity (Wildman–Crippen MR) is 234 cm³/mol. The Kier molecular flexibility index (Phi) is 7.77. The van der Waals surface area contributed by atoms with E-state index in [-0.39, 0.29) is 5.41 Å². The van der Waals surface area contributed by atoms with Crippen LogP contribution in [0.15, 0.2) is 170 Å². The van der Waals surface area contributed by atoms with Crippen molar-refractivity contribution in [2.45, 2.75) is 51.4 Å². The number of hydrogen-bond acceptors (Lipinski definition) is 0. The average molecular weight is 693 g/mol.